The number of aliphatic imine (C=N–C) groups is 1. The van der Waals surface area contributed by atoms with Crippen LogP contribution < -0.4 is 10.1 Å². The summed E-state index contributed by atoms with van der Waals surface area (Å²) >= 11 is 0. The minimum atomic E-state index is -0.333. The van der Waals surface area contributed by atoms with Crippen LogP contribution in [0.5, 0.6) is 11.5 Å². The molecular formula is C26H25FN4O2. The van der Waals surface area contributed by atoms with Gasteiger partial charge in [-0.15, -0.1) is 0 Å². The van der Waals surface area contributed by atoms with Gasteiger partial charge in [0, 0.05) is 31.4 Å². The standard InChI is InChI=1S/C26H25FN4O2/c1-17-7-12-23-21(15-17)25(29-22-5-3-4-6-24(22)33-23)30-13-14-31(18(2)16-30)26(32)28-20-10-8-19(27)9-11-20/h3-12,15,18H,13-14,16H2,1-2H3,(H,28,32). The molecule has 3 aromatic rings. The van der Waals surface area contributed by atoms with Crippen LogP contribution in [0.25, 0.3) is 0 Å². The Kier molecular flexibility index (Phi) is 5.46. The number of halogens is 1. The second kappa shape index (κ2) is 8.58. The summed E-state index contributed by atoms with van der Waals surface area (Å²) in [5.74, 6) is 2.01. The lowest BCUT2D eigenvalue weighted by molar-refractivity contribution is 0.145. The van der Waals surface area contributed by atoms with Crippen molar-refractivity contribution in [1.29, 1.82) is 0 Å². The number of aryl methyl sites for hydroxylation is 1. The number of ether oxygens (including phenoxy) is 1. The van der Waals surface area contributed by atoms with Crippen molar-refractivity contribution in [2.45, 2.75) is 19.9 Å². The van der Waals surface area contributed by atoms with E-state index in [-0.39, 0.29) is 17.9 Å². The van der Waals surface area contributed by atoms with Crippen LogP contribution in [0.15, 0.2) is 71.7 Å². The number of carbonyl (C=O) groups is 1. The fourth-order valence-corrected chi connectivity index (χ4v) is 4.26. The number of benzene rings is 3. The van der Waals surface area contributed by atoms with Gasteiger partial charge in [0.05, 0.1) is 5.56 Å². The zero-order chi connectivity index (χ0) is 22.9. The molecule has 2 aliphatic heterocycles. The van der Waals surface area contributed by atoms with Crippen molar-refractivity contribution in [3.05, 3.63) is 83.7 Å². The molecule has 2 aliphatic rings. The summed E-state index contributed by atoms with van der Waals surface area (Å²) in [4.78, 5) is 21.9. The molecule has 0 saturated carbocycles. The number of fused-ring (bicyclic) bond motifs is 2. The van der Waals surface area contributed by atoms with E-state index in [9.17, 15) is 9.18 Å². The number of rotatable bonds is 1. The SMILES string of the molecule is Cc1ccc2c(c1)C(N1CCN(C(=O)Nc3ccc(F)cc3)C(C)C1)=Nc1ccccc1O2. The second-order valence-electron chi connectivity index (χ2n) is 8.43. The van der Waals surface area contributed by atoms with Crippen molar-refractivity contribution >= 4 is 23.2 Å². The van der Waals surface area contributed by atoms with Crippen LogP contribution in [0.4, 0.5) is 20.6 Å². The second-order valence-corrected chi connectivity index (χ2v) is 8.43. The molecule has 0 radical (unpaired) electrons. The number of hydrogen-bond donors (Lipinski definition) is 1. The molecule has 2 amide bonds. The van der Waals surface area contributed by atoms with Crippen LogP contribution in [0, 0.1) is 12.7 Å². The molecule has 1 saturated heterocycles. The Morgan fingerprint density at radius 2 is 1.85 bits per heavy atom. The topological polar surface area (TPSA) is 57.2 Å². The molecule has 5 rings (SSSR count). The monoisotopic (exact) mass is 444 g/mol. The van der Waals surface area contributed by atoms with Gasteiger partial charge in [-0.2, -0.15) is 0 Å². The maximum absolute atomic E-state index is 13.2. The Labute approximate surface area is 192 Å². The van der Waals surface area contributed by atoms with Gasteiger partial charge >= 0.3 is 6.03 Å². The molecule has 1 N–H and O–H groups in total. The normalized spacial score (nSPS) is 17.3. The number of para-hydroxylation sites is 2. The largest absolute Gasteiger partial charge is 0.454 e. The van der Waals surface area contributed by atoms with Gasteiger partial charge in [-0.25, -0.2) is 14.2 Å². The van der Waals surface area contributed by atoms with Gasteiger partial charge < -0.3 is 19.9 Å². The quantitative estimate of drug-likeness (QED) is 0.535. The number of piperazine rings is 1. The summed E-state index contributed by atoms with van der Waals surface area (Å²) in [6.45, 7) is 5.88. The molecule has 1 fully saturated rings. The molecule has 2 heterocycles. The Hall–Kier alpha value is -3.87. The average Bonchev–Trinajstić information content (AvgIpc) is 2.97. The Morgan fingerprint density at radius 1 is 1.06 bits per heavy atom. The van der Waals surface area contributed by atoms with Crippen LogP contribution in [-0.2, 0) is 0 Å². The van der Waals surface area contributed by atoms with E-state index in [4.69, 9.17) is 9.73 Å². The Morgan fingerprint density at radius 3 is 2.64 bits per heavy atom. The number of amidine groups is 1. The molecular weight excluding hydrogens is 419 g/mol. The van der Waals surface area contributed by atoms with Gasteiger partial charge in [-0.1, -0.05) is 23.8 Å². The number of anilines is 1. The van der Waals surface area contributed by atoms with Crippen molar-refractivity contribution in [3.63, 3.8) is 0 Å². The lowest BCUT2D eigenvalue weighted by atomic mass is 10.1. The number of urea groups is 1. The summed E-state index contributed by atoms with van der Waals surface area (Å²) < 4.78 is 19.4. The summed E-state index contributed by atoms with van der Waals surface area (Å²) in [6, 6.07) is 19.4. The number of nitrogens with zero attached hydrogens (tertiary/aromatic N) is 3. The zero-order valence-electron chi connectivity index (χ0n) is 18.6. The lowest BCUT2D eigenvalue weighted by Gasteiger charge is -2.41. The van der Waals surface area contributed by atoms with E-state index in [0.717, 1.165) is 34.1 Å². The van der Waals surface area contributed by atoms with Crippen LogP contribution >= 0.6 is 0 Å². The van der Waals surface area contributed by atoms with Gasteiger partial charge in [0.2, 0.25) is 0 Å². The fraction of sp³-hybridized carbons (Fsp3) is 0.231. The maximum Gasteiger partial charge on any atom is 0.322 e. The van der Waals surface area contributed by atoms with Crippen LogP contribution in [-0.4, -0.2) is 47.3 Å². The molecule has 1 unspecified atom stereocenters. The van der Waals surface area contributed by atoms with E-state index in [1.165, 1.54) is 12.1 Å². The first-order valence-corrected chi connectivity index (χ1v) is 11.0. The Balaban J connectivity index is 1.39. The van der Waals surface area contributed by atoms with Crippen molar-refractivity contribution in [1.82, 2.24) is 9.80 Å². The summed E-state index contributed by atoms with van der Waals surface area (Å²) in [5, 5.41) is 2.86. The molecule has 33 heavy (non-hydrogen) atoms. The smallest absolute Gasteiger partial charge is 0.322 e. The summed E-state index contributed by atoms with van der Waals surface area (Å²) in [5.41, 5.74) is 3.43. The molecule has 0 aromatic heterocycles. The third kappa shape index (κ3) is 4.26. The maximum atomic E-state index is 13.2. The van der Waals surface area contributed by atoms with Gasteiger partial charge in [0.15, 0.2) is 5.75 Å². The highest BCUT2D eigenvalue weighted by molar-refractivity contribution is 6.04. The highest BCUT2D eigenvalue weighted by Crippen LogP contribution is 2.38. The van der Waals surface area contributed by atoms with E-state index in [2.05, 4.69) is 23.2 Å². The third-order valence-corrected chi connectivity index (χ3v) is 5.97. The first-order valence-electron chi connectivity index (χ1n) is 11.0. The molecule has 168 valence electrons. The highest BCUT2D eigenvalue weighted by atomic mass is 19.1. The van der Waals surface area contributed by atoms with E-state index in [0.29, 0.717) is 25.3 Å². The van der Waals surface area contributed by atoms with E-state index < -0.39 is 0 Å². The predicted molar refractivity (Wildman–Crippen MR) is 127 cm³/mol. The number of hydrogen-bond acceptors (Lipinski definition) is 4. The summed E-state index contributed by atoms with van der Waals surface area (Å²) in [6.07, 6.45) is 0. The molecule has 0 aliphatic carbocycles. The molecule has 3 aromatic carbocycles. The van der Waals surface area contributed by atoms with Crippen molar-refractivity contribution in [2.24, 2.45) is 4.99 Å². The number of amides is 2. The van der Waals surface area contributed by atoms with Gasteiger partial charge in [0.25, 0.3) is 0 Å². The molecule has 7 heteroatoms. The fourth-order valence-electron chi connectivity index (χ4n) is 4.26. The predicted octanol–water partition coefficient (Wildman–Crippen LogP) is 5.56. The van der Waals surface area contributed by atoms with Gasteiger partial charge in [-0.3, -0.25) is 0 Å². The van der Waals surface area contributed by atoms with Gasteiger partial charge in [-0.05, 0) is 62.4 Å². The molecule has 0 bridgehead atoms. The zero-order valence-corrected chi connectivity index (χ0v) is 18.6. The Bertz CT molecular complexity index is 1230. The number of nitrogens with one attached hydrogen (secondary N) is 1. The average molecular weight is 445 g/mol. The number of carbonyl (C=O) groups excluding carboxylic acids is 1. The van der Waals surface area contributed by atoms with Gasteiger partial charge in [0.1, 0.15) is 23.1 Å². The molecule has 6 nitrogen and oxygen atoms in total. The van der Waals surface area contributed by atoms with E-state index >= 15 is 0 Å². The highest BCUT2D eigenvalue weighted by Gasteiger charge is 2.31. The lowest BCUT2D eigenvalue weighted by Crippen LogP contribution is -2.56. The minimum absolute atomic E-state index is 0.0467. The third-order valence-electron chi connectivity index (χ3n) is 5.97. The van der Waals surface area contributed by atoms with Crippen LogP contribution in [0.3, 0.4) is 0 Å². The first-order chi connectivity index (χ1) is 16.0. The van der Waals surface area contributed by atoms with Crippen LogP contribution in [0.2, 0.25) is 0 Å². The van der Waals surface area contributed by atoms with Crippen molar-refractivity contribution in [2.75, 3.05) is 25.0 Å². The minimum Gasteiger partial charge on any atom is -0.454 e. The first kappa shape index (κ1) is 21.0. The molecule has 0 spiro atoms. The summed E-state index contributed by atoms with van der Waals surface area (Å²) in [7, 11) is 0. The molecule has 1 atom stereocenters. The van der Waals surface area contributed by atoms with Crippen molar-refractivity contribution in [3.8, 4) is 11.5 Å². The van der Waals surface area contributed by atoms with Crippen LogP contribution in [0.1, 0.15) is 18.1 Å². The van der Waals surface area contributed by atoms with E-state index in [1.807, 2.05) is 43.3 Å². The van der Waals surface area contributed by atoms with Crippen molar-refractivity contribution < 1.29 is 13.9 Å². The van der Waals surface area contributed by atoms with E-state index in [1.54, 1.807) is 17.0 Å².